The fourth-order valence-corrected chi connectivity index (χ4v) is 1.58. The Morgan fingerprint density at radius 3 is 2.68 bits per heavy atom. The molecule has 0 amide bonds. The van der Waals surface area contributed by atoms with Gasteiger partial charge in [-0.15, -0.1) is 5.10 Å². The molecule has 1 rings (SSSR count). The maximum absolute atomic E-state index is 11.0. The van der Waals surface area contributed by atoms with Crippen LogP contribution in [-0.2, 0) is 32.0 Å². The summed E-state index contributed by atoms with van der Waals surface area (Å²) in [4.78, 5) is 21.8. The first kappa shape index (κ1) is 15.1. The number of nitrogens with zero attached hydrogens (tertiary/aromatic N) is 3. The largest absolute Gasteiger partial charge is 0.462 e. The minimum Gasteiger partial charge on any atom is -0.462 e. The van der Waals surface area contributed by atoms with E-state index in [2.05, 4.69) is 10.3 Å². The van der Waals surface area contributed by atoms with Crippen molar-refractivity contribution in [3.05, 3.63) is 11.9 Å². The molecule has 0 N–H and O–H groups in total. The zero-order valence-electron chi connectivity index (χ0n) is 11.5. The molecule has 0 spiro atoms. The third kappa shape index (κ3) is 5.98. The molecule has 0 fully saturated rings. The number of aromatic nitrogens is 3. The summed E-state index contributed by atoms with van der Waals surface area (Å²) in [7, 11) is 0. The molecule has 19 heavy (non-hydrogen) atoms. The molecule has 1 aromatic heterocycles. The number of hydrogen-bond acceptors (Lipinski definition) is 6. The zero-order valence-corrected chi connectivity index (χ0v) is 11.5. The molecule has 0 saturated heterocycles. The third-order valence-corrected chi connectivity index (χ3v) is 2.28. The zero-order chi connectivity index (χ0) is 14.3. The average molecular weight is 269 g/mol. The Labute approximate surface area is 111 Å². The van der Waals surface area contributed by atoms with Crippen molar-refractivity contribution in [3.63, 3.8) is 0 Å². The monoisotopic (exact) mass is 269 g/mol. The smallest absolute Gasteiger partial charge is 0.303 e. The number of carbonyl (C=O) groups excluding carboxylic acids is 2. The summed E-state index contributed by atoms with van der Waals surface area (Å²) < 4.78 is 11.7. The Bertz CT molecular complexity index is 430. The number of rotatable bonds is 7. The van der Waals surface area contributed by atoms with Crippen LogP contribution in [0.15, 0.2) is 6.20 Å². The van der Waals surface area contributed by atoms with Crippen LogP contribution in [0, 0.1) is 0 Å². The summed E-state index contributed by atoms with van der Waals surface area (Å²) >= 11 is 0. The van der Waals surface area contributed by atoms with E-state index in [0.29, 0.717) is 12.1 Å². The van der Waals surface area contributed by atoms with Crippen molar-refractivity contribution < 1.29 is 19.1 Å². The molecule has 0 bridgehead atoms. The summed E-state index contributed by atoms with van der Waals surface area (Å²) in [5.41, 5.74) is 0.701. The summed E-state index contributed by atoms with van der Waals surface area (Å²) in [5, 5.41) is 7.94. The Balaban J connectivity index is 2.58. The van der Waals surface area contributed by atoms with Gasteiger partial charge in [0.1, 0.15) is 12.7 Å². The topological polar surface area (TPSA) is 83.3 Å². The van der Waals surface area contributed by atoms with Crippen LogP contribution in [0.4, 0.5) is 0 Å². The highest BCUT2D eigenvalue weighted by Crippen LogP contribution is 2.05. The maximum atomic E-state index is 11.0. The number of hydrogen-bond donors (Lipinski definition) is 0. The molecule has 0 aliphatic carbocycles. The van der Waals surface area contributed by atoms with E-state index in [9.17, 15) is 9.59 Å². The van der Waals surface area contributed by atoms with Gasteiger partial charge in [0.05, 0.1) is 5.69 Å². The molecule has 7 nitrogen and oxygen atoms in total. The summed E-state index contributed by atoms with van der Waals surface area (Å²) in [6.45, 7) is 5.48. The second-order valence-electron chi connectivity index (χ2n) is 4.21. The van der Waals surface area contributed by atoms with E-state index in [1.54, 1.807) is 10.9 Å². The van der Waals surface area contributed by atoms with Gasteiger partial charge in [-0.3, -0.25) is 14.3 Å². The molecule has 0 aliphatic rings. The standard InChI is InChI=1S/C12H19N3O4/c1-4-5-15-7-11(13-14-15)6-12(19-10(3)17)8-18-9(2)16/h7,12H,4-6,8H2,1-3H3. The Kier molecular flexibility index (Phi) is 5.98. The Morgan fingerprint density at radius 2 is 2.11 bits per heavy atom. The predicted molar refractivity (Wildman–Crippen MR) is 66.2 cm³/mol. The number of aryl methyl sites for hydroxylation is 1. The number of esters is 2. The molecule has 1 heterocycles. The van der Waals surface area contributed by atoms with Crippen molar-refractivity contribution in [1.29, 1.82) is 0 Å². The van der Waals surface area contributed by atoms with Gasteiger partial charge in [0.15, 0.2) is 0 Å². The quantitative estimate of drug-likeness (QED) is 0.678. The Hall–Kier alpha value is -1.92. The first-order valence-electron chi connectivity index (χ1n) is 6.20. The minimum atomic E-state index is -0.534. The van der Waals surface area contributed by atoms with Crippen molar-refractivity contribution in [1.82, 2.24) is 15.0 Å². The van der Waals surface area contributed by atoms with Crippen LogP contribution in [-0.4, -0.2) is 39.6 Å². The lowest BCUT2D eigenvalue weighted by Gasteiger charge is -2.15. The van der Waals surface area contributed by atoms with Crippen LogP contribution in [0.5, 0.6) is 0 Å². The maximum Gasteiger partial charge on any atom is 0.303 e. The van der Waals surface area contributed by atoms with E-state index in [1.165, 1.54) is 13.8 Å². The lowest BCUT2D eigenvalue weighted by Crippen LogP contribution is -2.26. The van der Waals surface area contributed by atoms with E-state index in [1.807, 2.05) is 6.92 Å². The molecule has 0 aliphatic heterocycles. The van der Waals surface area contributed by atoms with E-state index in [-0.39, 0.29) is 6.61 Å². The van der Waals surface area contributed by atoms with Crippen LogP contribution >= 0.6 is 0 Å². The lowest BCUT2D eigenvalue weighted by atomic mass is 10.2. The average Bonchev–Trinajstić information content (AvgIpc) is 2.73. The molecular weight excluding hydrogens is 250 g/mol. The molecule has 1 atom stereocenters. The van der Waals surface area contributed by atoms with Gasteiger partial charge in [0.2, 0.25) is 0 Å². The van der Waals surface area contributed by atoms with Gasteiger partial charge in [-0.05, 0) is 6.42 Å². The molecule has 0 saturated carbocycles. The van der Waals surface area contributed by atoms with E-state index < -0.39 is 18.0 Å². The molecule has 1 aromatic rings. The number of carbonyl (C=O) groups is 2. The van der Waals surface area contributed by atoms with Crippen LogP contribution in [0.1, 0.15) is 32.9 Å². The fraction of sp³-hybridized carbons (Fsp3) is 0.667. The number of ether oxygens (including phenoxy) is 2. The van der Waals surface area contributed by atoms with Crippen LogP contribution in [0.3, 0.4) is 0 Å². The van der Waals surface area contributed by atoms with Crippen molar-refractivity contribution >= 4 is 11.9 Å². The second-order valence-corrected chi connectivity index (χ2v) is 4.21. The van der Waals surface area contributed by atoms with E-state index in [0.717, 1.165) is 13.0 Å². The first-order valence-corrected chi connectivity index (χ1v) is 6.20. The van der Waals surface area contributed by atoms with Crippen LogP contribution in [0.2, 0.25) is 0 Å². The second kappa shape index (κ2) is 7.50. The molecule has 0 aromatic carbocycles. The summed E-state index contributed by atoms with van der Waals surface area (Å²) in [6.07, 6.45) is 2.60. The van der Waals surface area contributed by atoms with Gasteiger partial charge < -0.3 is 9.47 Å². The SMILES string of the molecule is CCCn1cc(CC(COC(C)=O)OC(C)=O)nn1. The predicted octanol–water partition coefficient (Wildman–Crippen LogP) is 0.725. The molecule has 7 heteroatoms. The van der Waals surface area contributed by atoms with E-state index >= 15 is 0 Å². The van der Waals surface area contributed by atoms with Gasteiger partial charge in [-0.25, -0.2) is 0 Å². The van der Waals surface area contributed by atoms with Gasteiger partial charge in [0.25, 0.3) is 0 Å². The van der Waals surface area contributed by atoms with E-state index in [4.69, 9.17) is 9.47 Å². The van der Waals surface area contributed by atoms with Crippen molar-refractivity contribution in [2.45, 2.75) is 46.3 Å². The Morgan fingerprint density at radius 1 is 1.37 bits per heavy atom. The lowest BCUT2D eigenvalue weighted by molar-refractivity contribution is -0.156. The van der Waals surface area contributed by atoms with Crippen LogP contribution < -0.4 is 0 Å². The summed E-state index contributed by atoms with van der Waals surface area (Å²) in [6, 6.07) is 0. The van der Waals surface area contributed by atoms with Gasteiger partial charge in [0, 0.05) is 33.0 Å². The highest BCUT2D eigenvalue weighted by Gasteiger charge is 2.16. The first-order chi connectivity index (χ1) is 9.01. The van der Waals surface area contributed by atoms with Gasteiger partial charge in [-0.2, -0.15) is 0 Å². The highest BCUT2D eigenvalue weighted by atomic mass is 16.6. The molecule has 0 radical (unpaired) electrons. The third-order valence-electron chi connectivity index (χ3n) is 2.28. The fourth-order valence-electron chi connectivity index (χ4n) is 1.58. The van der Waals surface area contributed by atoms with Crippen LogP contribution in [0.25, 0.3) is 0 Å². The van der Waals surface area contributed by atoms with Crippen molar-refractivity contribution in [2.75, 3.05) is 6.61 Å². The molecule has 106 valence electrons. The van der Waals surface area contributed by atoms with Crippen molar-refractivity contribution in [2.24, 2.45) is 0 Å². The highest BCUT2D eigenvalue weighted by molar-refractivity contribution is 5.67. The summed E-state index contributed by atoms with van der Waals surface area (Å²) in [5.74, 6) is -0.829. The molecular formula is C12H19N3O4. The van der Waals surface area contributed by atoms with Gasteiger partial charge in [-0.1, -0.05) is 12.1 Å². The van der Waals surface area contributed by atoms with Crippen molar-refractivity contribution in [3.8, 4) is 0 Å². The van der Waals surface area contributed by atoms with Gasteiger partial charge >= 0.3 is 11.9 Å². The minimum absolute atomic E-state index is 0.0234. The normalized spacial score (nSPS) is 11.9. The molecule has 1 unspecified atom stereocenters.